The van der Waals surface area contributed by atoms with E-state index in [2.05, 4.69) is 40.3 Å². The molecule has 0 aromatic rings. The number of rotatable bonds is 0. The Morgan fingerprint density at radius 1 is 0.385 bits per heavy atom. The van der Waals surface area contributed by atoms with Gasteiger partial charge >= 0.3 is 108 Å². The molecule has 0 N–H and O–H groups in total. The average Bonchev–Trinajstić information content (AvgIpc) is 1.54. The van der Waals surface area contributed by atoms with Crippen molar-refractivity contribution in [1.29, 1.82) is 0 Å². The molecule has 0 nitrogen and oxygen atoms in total. The molecule has 0 aliphatic rings. The quantitative estimate of drug-likeness (QED) is 0.326. The third-order valence-corrected chi connectivity index (χ3v) is 0. The maximum Gasteiger partial charge on any atom is 0 e. The number of hydrogen-bond donors (Lipinski definition) is 0. The van der Waals surface area contributed by atoms with Crippen molar-refractivity contribution < 1.29 is 0 Å². The fraction of sp³-hybridized carbons (Fsp3) is 1.00. The van der Waals surface area contributed by atoms with E-state index < -0.39 is 68.1 Å². The number of hydrogen-bond acceptors (Lipinski definition) is 0. The molecular weight excluding hydrogens is 851 g/mol. The molecule has 0 aliphatic heterocycles. The first-order chi connectivity index (χ1) is 5.20. The second kappa shape index (κ2) is 20.9. The van der Waals surface area contributed by atoms with Crippen molar-refractivity contribution in [3.63, 3.8) is 0 Å². The van der Waals surface area contributed by atoms with Crippen LogP contribution in [-0.2, 0) is 0 Å². The van der Waals surface area contributed by atoms with Gasteiger partial charge < -0.3 is 0 Å². The largest absolute Gasteiger partial charge is 0 e. The van der Waals surface area contributed by atoms with Gasteiger partial charge in [0.25, 0.3) is 0 Å². The molecule has 6 radical (unpaired) electrons. The first-order valence-electron chi connectivity index (χ1n) is 4.50. The van der Waals surface area contributed by atoms with E-state index in [-0.39, 0.29) is 24.4 Å². The van der Waals surface area contributed by atoms with Gasteiger partial charge in [0.05, 0.1) is 0 Å². The van der Waals surface area contributed by atoms with Crippen molar-refractivity contribution in [1.82, 2.24) is 0 Å². The van der Waals surface area contributed by atoms with Crippen LogP contribution in [0.15, 0.2) is 0 Å². The molecule has 0 spiro atoms. The first-order valence-corrected chi connectivity index (χ1v) is 39.5. The standard InChI is InChI=1S/9CH3.3Pb.Sb/h9*1H3;;;;. The van der Waals surface area contributed by atoms with Crippen molar-refractivity contribution in [3.05, 3.63) is 0 Å². The summed E-state index contributed by atoms with van der Waals surface area (Å²) < 4.78 is 21.4. The Hall–Kier alpha value is 3.58. The summed E-state index contributed by atoms with van der Waals surface area (Å²) in [5.41, 5.74) is 0. The summed E-state index contributed by atoms with van der Waals surface area (Å²) in [6, 6.07) is 0. The zero-order valence-corrected chi connectivity index (χ0v) is 25.2. The van der Waals surface area contributed by atoms with E-state index in [1.54, 1.807) is 0 Å². The van der Waals surface area contributed by atoms with Crippen molar-refractivity contribution in [3.8, 4) is 0 Å². The van der Waals surface area contributed by atoms with Crippen LogP contribution in [0.25, 0.3) is 0 Å². The van der Waals surface area contributed by atoms with Crippen LogP contribution < -0.4 is 0 Å². The molecule has 0 bridgehead atoms. The van der Waals surface area contributed by atoms with E-state index in [0.717, 1.165) is 0 Å². The van der Waals surface area contributed by atoms with Crippen molar-refractivity contribution >= 4 is 92.5 Å². The fourth-order valence-electron chi connectivity index (χ4n) is 0. The molecule has 0 rings (SSSR count). The summed E-state index contributed by atoms with van der Waals surface area (Å²) in [7, 11) is 0. The Labute approximate surface area is 130 Å². The Bertz CT molecular complexity index is 43.4. The van der Waals surface area contributed by atoms with Crippen molar-refractivity contribution in [2.24, 2.45) is 0 Å². The molecule has 0 unspecified atom stereocenters. The van der Waals surface area contributed by atoms with Crippen LogP contribution in [0.5, 0.6) is 0 Å². The summed E-state index contributed by atoms with van der Waals surface area (Å²) in [6.07, 6.45) is 0. The molecule has 0 aliphatic carbocycles. The van der Waals surface area contributed by atoms with Gasteiger partial charge in [-0.05, 0) is 0 Å². The normalized spacial score (nSPS) is 8.31. The average molecular weight is 879 g/mol. The SMILES string of the molecule is [CH3][Pb]([CH3])[CH3].[CH3][Pb]([CH3])[CH3].[CH3][Pb]([CH3])[CH3].[Sb]. The summed E-state index contributed by atoms with van der Waals surface area (Å²) in [5, 5.41) is 0. The van der Waals surface area contributed by atoms with Gasteiger partial charge in [0.2, 0.25) is 0 Å². The molecule has 0 saturated heterocycles. The molecule has 0 fully saturated rings. The van der Waals surface area contributed by atoms with E-state index in [1.807, 2.05) is 0 Å². The van der Waals surface area contributed by atoms with Gasteiger partial charge in [0, 0.05) is 24.4 Å². The Morgan fingerprint density at radius 3 is 0.385 bits per heavy atom. The van der Waals surface area contributed by atoms with Gasteiger partial charge in [-0.25, -0.2) is 0 Å². The monoisotopic (exact) mass is 880 g/mol. The van der Waals surface area contributed by atoms with E-state index >= 15 is 0 Å². The first kappa shape index (κ1) is 25.4. The smallest absolute Gasteiger partial charge is 0 e. The van der Waals surface area contributed by atoms with Gasteiger partial charge in [-0.3, -0.25) is 0 Å². The van der Waals surface area contributed by atoms with Gasteiger partial charge in [-0.1, -0.05) is 0 Å². The Balaban J connectivity index is -0.0000000450. The molecule has 0 aromatic heterocycles. The molecule has 80 valence electrons. The van der Waals surface area contributed by atoms with Gasteiger partial charge in [-0.15, -0.1) is 0 Å². The molecule has 13 heavy (non-hydrogen) atoms. The van der Waals surface area contributed by atoms with Crippen molar-refractivity contribution in [2.75, 3.05) is 0 Å². The van der Waals surface area contributed by atoms with Gasteiger partial charge in [-0.2, -0.15) is 0 Å². The Morgan fingerprint density at radius 2 is 0.385 bits per heavy atom. The van der Waals surface area contributed by atoms with E-state index in [1.165, 1.54) is 0 Å². The second-order valence-electron chi connectivity index (χ2n) is 4.50. The van der Waals surface area contributed by atoms with Crippen LogP contribution in [0, 0.1) is 0 Å². The minimum Gasteiger partial charge on any atom is 0 e. The molecular formula is C9H27Pb3Sb. The molecule has 0 atom stereocenters. The van der Waals surface area contributed by atoms with E-state index in [4.69, 9.17) is 0 Å². The van der Waals surface area contributed by atoms with Gasteiger partial charge in [0.15, 0.2) is 0 Å². The third-order valence-electron chi connectivity index (χ3n) is 0. The minimum absolute atomic E-state index is 0. The topological polar surface area (TPSA) is 0 Å². The maximum absolute atomic E-state index is 2.38. The zero-order chi connectivity index (χ0) is 10.7. The van der Waals surface area contributed by atoms with Gasteiger partial charge in [0.1, 0.15) is 0 Å². The second-order valence-corrected chi connectivity index (χ2v) is 39.5. The summed E-state index contributed by atoms with van der Waals surface area (Å²) >= 11 is -1.97. The molecule has 0 amide bonds. The summed E-state index contributed by atoms with van der Waals surface area (Å²) in [5.74, 6) is 0. The van der Waals surface area contributed by atoms with E-state index in [0.29, 0.717) is 0 Å². The van der Waals surface area contributed by atoms with Crippen LogP contribution in [0.4, 0.5) is 0 Å². The van der Waals surface area contributed by atoms with Crippen LogP contribution in [0.3, 0.4) is 0 Å². The summed E-state index contributed by atoms with van der Waals surface area (Å²) in [4.78, 5) is 0. The fourth-order valence-corrected chi connectivity index (χ4v) is 0. The molecule has 0 aromatic carbocycles. The van der Waals surface area contributed by atoms with Crippen molar-refractivity contribution in [2.45, 2.75) is 40.3 Å². The van der Waals surface area contributed by atoms with Crippen LogP contribution >= 0.6 is 0 Å². The summed E-state index contributed by atoms with van der Waals surface area (Å²) in [6.45, 7) is 0. The molecule has 4 heteroatoms. The molecule has 0 heterocycles. The predicted octanol–water partition coefficient (Wildman–Crippen LogP) is 3.73. The van der Waals surface area contributed by atoms with Crippen LogP contribution in [-0.4, -0.2) is 92.5 Å². The maximum atomic E-state index is 2.38. The third kappa shape index (κ3) is 224. The van der Waals surface area contributed by atoms with E-state index in [9.17, 15) is 0 Å². The Kier molecular flexibility index (Phi) is 41.0. The van der Waals surface area contributed by atoms with Crippen LogP contribution in [0.2, 0.25) is 40.3 Å². The minimum atomic E-state index is -0.657. The predicted molar refractivity (Wildman–Crippen MR) is 75.8 cm³/mol. The zero-order valence-electron chi connectivity index (χ0n) is 10.9. The molecule has 0 saturated carbocycles. The van der Waals surface area contributed by atoms with Crippen LogP contribution in [0.1, 0.15) is 0 Å².